The first-order valence-corrected chi connectivity index (χ1v) is 8.88. The SMILES string of the molecule is O=C(NC1CCN(C2CCCCC2)C1)c1cnn(C2CC2)c1. The Balaban J connectivity index is 1.30. The molecule has 4 rings (SSSR count). The predicted octanol–water partition coefficient (Wildman–Crippen LogP) is 2.35. The maximum Gasteiger partial charge on any atom is 0.254 e. The van der Waals surface area contributed by atoms with Crippen LogP contribution < -0.4 is 5.32 Å². The minimum Gasteiger partial charge on any atom is -0.348 e. The number of carbonyl (C=O) groups excluding carboxylic acids is 1. The van der Waals surface area contributed by atoms with Crippen LogP contribution in [0.25, 0.3) is 0 Å². The van der Waals surface area contributed by atoms with Crippen LogP contribution >= 0.6 is 0 Å². The van der Waals surface area contributed by atoms with E-state index >= 15 is 0 Å². The van der Waals surface area contributed by atoms with E-state index in [0.717, 1.165) is 25.6 Å². The van der Waals surface area contributed by atoms with Crippen LogP contribution in [0, 0.1) is 0 Å². The summed E-state index contributed by atoms with van der Waals surface area (Å²) in [6.07, 6.45) is 13.9. The lowest BCUT2D eigenvalue weighted by molar-refractivity contribution is 0.0934. The zero-order valence-corrected chi connectivity index (χ0v) is 13.2. The molecule has 5 nitrogen and oxygen atoms in total. The van der Waals surface area contributed by atoms with E-state index in [4.69, 9.17) is 0 Å². The third-order valence-electron chi connectivity index (χ3n) is 5.43. The van der Waals surface area contributed by atoms with Crippen molar-refractivity contribution in [3.05, 3.63) is 18.0 Å². The van der Waals surface area contributed by atoms with Crippen molar-refractivity contribution in [3.8, 4) is 0 Å². The van der Waals surface area contributed by atoms with Crippen LogP contribution in [-0.2, 0) is 0 Å². The van der Waals surface area contributed by atoms with Gasteiger partial charge in [-0.1, -0.05) is 19.3 Å². The highest BCUT2D eigenvalue weighted by atomic mass is 16.1. The Bertz CT molecular complexity index is 531. The normalized spacial score (nSPS) is 27.2. The molecule has 5 heteroatoms. The summed E-state index contributed by atoms with van der Waals surface area (Å²) in [5.41, 5.74) is 0.711. The molecule has 1 amide bonds. The zero-order chi connectivity index (χ0) is 14.9. The first-order valence-electron chi connectivity index (χ1n) is 8.88. The van der Waals surface area contributed by atoms with Gasteiger partial charge in [-0.25, -0.2) is 0 Å². The van der Waals surface area contributed by atoms with Crippen molar-refractivity contribution < 1.29 is 4.79 Å². The molecule has 1 atom stereocenters. The number of amides is 1. The van der Waals surface area contributed by atoms with Gasteiger partial charge in [-0.3, -0.25) is 14.4 Å². The molecular formula is C17H26N4O. The molecular weight excluding hydrogens is 276 g/mol. The smallest absolute Gasteiger partial charge is 0.254 e. The summed E-state index contributed by atoms with van der Waals surface area (Å²) in [6.45, 7) is 2.16. The van der Waals surface area contributed by atoms with Gasteiger partial charge in [0.15, 0.2) is 0 Å². The van der Waals surface area contributed by atoms with Gasteiger partial charge >= 0.3 is 0 Å². The topological polar surface area (TPSA) is 50.2 Å². The van der Waals surface area contributed by atoms with E-state index in [-0.39, 0.29) is 5.91 Å². The number of nitrogens with one attached hydrogen (secondary N) is 1. The molecule has 1 saturated heterocycles. The molecule has 1 aliphatic heterocycles. The van der Waals surface area contributed by atoms with Crippen LogP contribution in [0.3, 0.4) is 0 Å². The summed E-state index contributed by atoms with van der Waals surface area (Å²) in [5, 5.41) is 7.51. The summed E-state index contributed by atoms with van der Waals surface area (Å²) < 4.78 is 1.94. The van der Waals surface area contributed by atoms with Crippen molar-refractivity contribution in [1.82, 2.24) is 20.0 Å². The lowest BCUT2D eigenvalue weighted by Gasteiger charge is -2.31. The van der Waals surface area contributed by atoms with E-state index in [1.165, 1.54) is 44.9 Å². The van der Waals surface area contributed by atoms with Crippen molar-refractivity contribution in [1.29, 1.82) is 0 Å². The van der Waals surface area contributed by atoms with Gasteiger partial charge < -0.3 is 5.32 Å². The van der Waals surface area contributed by atoms with Crippen molar-refractivity contribution in [2.45, 2.75) is 69.5 Å². The van der Waals surface area contributed by atoms with Crippen LogP contribution in [0.15, 0.2) is 12.4 Å². The first-order chi connectivity index (χ1) is 10.8. The molecule has 0 bridgehead atoms. The van der Waals surface area contributed by atoms with Crippen LogP contribution in [0.2, 0.25) is 0 Å². The Kier molecular flexibility index (Phi) is 3.90. The van der Waals surface area contributed by atoms with Crippen LogP contribution in [0.5, 0.6) is 0 Å². The van der Waals surface area contributed by atoms with Gasteiger partial charge in [0.25, 0.3) is 5.91 Å². The second-order valence-electron chi connectivity index (χ2n) is 7.19. The summed E-state index contributed by atoms with van der Waals surface area (Å²) in [4.78, 5) is 15.0. The Labute approximate surface area is 132 Å². The number of aromatic nitrogens is 2. The number of hydrogen-bond acceptors (Lipinski definition) is 3. The lowest BCUT2D eigenvalue weighted by Crippen LogP contribution is -2.40. The fourth-order valence-electron chi connectivity index (χ4n) is 3.95. The number of rotatable bonds is 4. The number of likely N-dealkylation sites (tertiary alicyclic amines) is 1. The molecule has 22 heavy (non-hydrogen) atoms. The van der Waals surface area contributed by atoms with E-state index in [2.05, 4.69) is 15.3 Å². The van der Waals surface area contributed by atoms with Crippen molar-refractivity contribution in [3.63, 3.8) is 0 Å². The van der Waals surface area contributed by atoms with Crippen molar-refractivity contribution in [2.75, 3.05) is 13.1 Å². The van der Waals surface area contributed by atoms with E-state index in [0.29, 0.717) is 17.6 Å². The zero-order valence-electron chi connectivity index (χ0n) is 13.2. The van der Waals surface area contributed by atoms with Crippen molar-refractivity contribution in [2.24, 2.45) is 0 Å². The lowest BCUT2D eigenvalue weighted by atomic mass is 9.94. The molecule has 0 spiro atoms. The largest absolute Gasteiger partial charge is 0.348 e. The summed E-state index contributed by atoms with van der Waals surface area (Å²) >= 11 is 0. The molecule has 3 fully saturated rings. The standard InChI is InChI=1S/C17H26N4O/c22-17(13-10-18-21(11-13)16-6-7-16)19-14-8-9-20(12-14)15-4-2-1-3-5-15/h10-11,14-16H,1-9,12H2,(H,19,22). The number of hydrogen-bond donors (Lipinski definition) is 1. The molecule has 120 valence electrons. The quantitative estimate of drug-likeness (QED) is 0.929. The average molecular weight is 302 g/mol. The predicted molar refractivity (Wildman–Crippen MR) is 84.8 cm³/mol. The second kappa shape index (κ2) is 6.03. The molecule has 0 radical (unpaired) electrons. The molecule has 2 heterocycles. The summed E-state index contributed by atoms with van der Waals surface area (Å²) in [5.74, 6) is 0.0439. The highest BCUT2D eigenvalue weighted by Gasteiger charge is 2.30. The van der Waals surface area contributed by atoms with Gasteiger partial charge in [0, 0.05) is 31.4 Å². The Morgan fingerprint density at radius 3 is 2.68 bits per heavy atom. The van der Waals surface area contributed by atoms with E-state index in [1.807, 2.05) is 10.9 Å². The van der Waals surface area contributed by atoms with Gasteiger partial charge in [0.1, 0.15) is 0 Å². The highest BCUT2D eigenvalue weighted by Crippen LogP contribution is 2.34. The minimum atomic E-state index is 0.0439. The Hall–Kier alpha value is -1.36. The average Bonchev–Trinajstić information content (AvgIpc) is 3.10. The number of carbonyl (C=O) groups is 1. The molecule has 1 N–H and O–H groups in total. The molecule has 1 aromatic rings. The number of nitrogens with zero attached hydrogens (tertiary/aromatic N) is 3. The van der Waals surface area contributed by atoms with E-state index in [9.17, 15) is 4.79 Å². The van der Waals surface area contributed by atoms with Gasteiger partial charge in [-0.2, -0.15) is 5.10 Å². The highest BCUT2D eigenvalue weighted by molar-refractivity contribution is 5.93. The molecule has 3 aliphatic rings. The second-order valence-corrected chi connectivity index (χ2v) is 7.19. The fourth-order valence-corrected chi connectivity index (χ4v) is 3.95. The molecule has 1 unspecified atom stereocenters. The Morgan fingerprint density at radius 1 is 1.09 bits per heavy atom. The van der Waals surface area contributed by atoms with E-state index < -0.39 is 0 Å². The third kappa shape index (κ3) is 3.05. The van der Waals surface area contributed by atoms with Gasteiger partial charge in [-0.05, 0) is 32.1 Å². The maximum atomic E-state index is 12.4. The third-order valence-corrected chi connectivity index (χ3v) is 5.43. The first kappa shape index (κ1) is 14.2. The van der Waals surface area contributed by atoms with Gasteiger partial charge in [-0.15, -0.1) is 0 Å². The molecule has 2 aliphatic carbocycles. The van der Waals surface area contributed by atoms with Gasteiger partial charge in [0.2, 0.25) is 0 Å². The van der Waals surface area contributed by atoms with Crippen LogP contribution in [0.4, 0.5) is 0 Å². The Morgan fingerprint density at radius 2 is 1.91 bits per heavy atom. The maximum absolute atomic E-state index is 12.4. The summed E-state index contributed by atoms with van der Waals surface area (Å²) in [6, 6.07) is 1.60. The van der Waals surface area contributed by atoms with Crippen LogP contribution in [0.1, 0.15) is 67.8 Å². The fraction of sp³-hybridized carbons (Fsp3) is 0.765. The monoisotopic (exact) mass is 302 g/mol. The molecule has 2 saturated carbocycles. The summed E-state index contributed by atoms with van der Waals surface area (Å²) in [7, 11) is 0. The van der Waals surface area contributed by atoms with Gasteiger partial charge in [0.05, 0.1) is 17.8 Å². The van der Waals surface area contributed by atoms with E-state index in [1.54, 1.807) is 6.20 Å². The molecule has 0 aromatic carbocycles. The molecule has 1 aromatic heterocycles. The van der Waals surface area contributed by atoms with Crippen LogP contribution in [-0.4, -0.2) is 45.8 Å². The van der Waals surface area contributed by atoms with Crippen molar-refractivity contribution >= 4 is 5.91 Å². The minimum absolute atomic E-state index is 0.0439.